The molecule has 2 rings (SSSR count). The Balaban J connectivity index is 1.78. The van der Waals surface area contributed by atoms with Crippen LogP contribution in [0, 0.1) is 0 Å². The molecule has 0 saturated carbocycles. The van der Waals surface area contributed by atoms with Crippen LogP contribution >= 0.6 is 23.2 Å². The van der Waals surface area contributed by atoms with Crippen molar-refractivity contribution in [2.24, 2.45) is 0 Å². The minimum atomic E-state index is -0.593. The summed E-state index contributed by atoms with van der Waals surface area (Å²) in [6, 6.07) is 13.4. The Morgan fingerprint density at radius 3 is 2.41 bits per heavy atom. The molecular weight excluding hydrogens is 325 g/mol. The van der Waals surface area contributed by atoms with E-state index in [0.717, 1.165) is 5.56 Å². The Kier molecular flexibility index (Phi) is 5.81. The number of carbonyl (C=O) groups excluding carboxylic acids is 2. The van der Waals surface area contributed by atoms with E-state index in [1.54, 1.807) is 42.5 Å². The summed E-state index contributed by atoms with van der Waals surface area (Å²) in [5, 5.41) is 3.71. The molecule has 4 nitrogen and oxygen atoms in total. The maximum absolute atomic E-state index is 11.7. The standard InChI is InChI=1S/C16H13Cl2NO3/c17-13-6-4-11(5-7-13)9-19-15(20)10-22-16(21)12-2-1-3-14(18)8-12/h1-8H,9-10H2,(H,19,20). The van der Waals surface area contributed by atoms with Crippen molar-refractivity contribution in [2.75, 3.05) is 6.61 Å². The van der Waals surface area contributed by atoms with Crippen LogP contribution in [0.2, 0.25) is 10.0 Å². The van der Waals surface area contributed by atoms with Crippen molar-refractivity contribution >= 4 is 35.1 Å². The minimum Gasteiger partial charge on any atom is -0.452 e. The highest BCUT2D eigenvalue weighted by molar-refractivity contribution is 6.31. The van der Waals surface area contributed by atoms with E-state index < -0.39 is 5.97 Å². The van der Waals surface area contributed by atoms with Crippen LogP contribution in [0.3, 0.4) is 0 Å². The molecule has 0 heterocycles. The number of ether oxygens (including phenoxy) is 1. The predicted octanol–water partition coefficient (Wildman–Crippen LogP) is 3.47. The number of hydrogen-bond acceptors (Lipinski definition) is 3. The molecule has 22 heavy (non-hydrogen) atoms. The van der Waals surface area contributed by atoms with E-state index in [4.69, 9.17) is 27.9 Å². The average molecular weight is 338 g/mol. The lowest BCUT2D eigenvalue weighted by Crippen LogP contribution is -2.28. The van der Waals surface area contributed by atoms with Crippen LogP contribution < -0.4 is 5.32 Å². The van der Waals surface area contributed by atoms with Gasteiger partial charge in [-0.3, -0.25) is 4.79 Å². The van der Waals surface area contributed by atoms with E-state index >= 15 is 0 Å². The van der Waals surface area contributed by atoms with Crippen LogP contribution in [0.15, 0.2) is 48.5 Å². The van der Waals surface area contributed by atoms with Crippen molar-refractivity contribution < 1.29 is 14.3 Å². The Morgan fingerprint density at radius 2 is 1.73 bits per heavy atom. The van der Waals surface area contributed by atoms with Crippen LogP contribution in [-0.4, -0.2) is 18.5 Å². The summed E-state index contributed by atoms with van der Waals surface area (Å²) in [5.41, 5.74) is 1.21. The summed E-state index contributed by atoms with van der Waals surface area (Å²) in [4.78, 5) is 23.4. The van der Waals surface area contributed by atoms with Crippen molar-refractivity contribution in [1.82, 2.24) is 5.32 Å². The number of rotatable bonds is 5. The van der Waals surface area contributed by atoms with Crippen molar-refractivity contribution in [1.29, 1.82) is 0 Å². The SMILES string of the molecule is O=C(COC(=O)c1cccc(Cl)c1)NCc1ccc(Cl)cc1. The molecule has 0 aromatic heterocycles. The van der Waals surface area contributed by atoms with Gasteiger partial charge in [0.15, 0.2) is 6.61 Å². The highest BCUT2D eigenvalue weighted by Crippen LogP contribution is 2.11. The van der Waals surface area contributed by atoms with Gasteiger partial charge in [-0.1, -0.05) is 41.4 Å². The summed E-state index contributed by atoms with van der Waals surface area (Å²) in [6.45, 7) is -0.0103. The molecule has 1 amide bonds. The fourth-order valence-electron chi connectivity index (χ4n) is 1.68. The average Bonchev–Trinajstić information content (AvgIpc) is 2.52. The topological polar surface area (TPSA) is 55.4 Å². The third-order valence-corrected chi connectivity index (χ3v) is 3.28. The summed E-state index contributed by atoms with van der Waals surface area (Å²) >= 11 is 11.6. The van der Waals surface area contributed by atoms with Gasteiger partial charge in [-0.2, -0.15) is 0 Å². The predicted molar refractivity (Wildman–Crippen MR) is 85.0 cm³/mol. The fourth-order valence-corrected chi connectivity index (χ4v) is 2.00. The van der Waals surface area contributed by atoms with Gasteiger partial charge in [-0.05, 0) is 35.9 Å². The van der Waals surface area contributed by atoms with Crippen molar-refractivity contribution in [2.45, 2.75) is 6.54 Å². The first-order valence-electron chi connectivity index (χ1n) is 6.48. The summed E-state index contributed by atoms with van der Waals surface area (Å²) < 4.78 is 4.92. The molecule has 0 spiro atoms. The summed E-state index contributed by atoms with van der Waals surface area (Å²) in [7, 11) is 0. The third-order valence-electron chi connectivity index (χ3n) is 2.80. The first kappa shape index (κ1) is 16.3. The van der Waals surface area contributed by atoms with E-state index in [1.807, 2.05) is 0 Å². The van der Waals surface area contributed by atoms with Crippen LogP contribution in [-0.2, 0) is 16.1 Å². The van der Waals surface area contributed by atoms with Gasteiger partial charge in [-0.15, -0.1) is 0 Å². The van der Waals surface area contributed by atoms with Crippen LogP contribution in [0.25, 0.3) is 0 Å². The molecule has 0 fully saturated rings. The molecule has 0 aliphatic carbocycles. The number of carbonyl (C=O) groups is 2. The first-order valence-corrected chi connectivity index (χ1v) is 7.24. The van der Waals surface area contributed by atoms with Gasteiger partial charge in [0.2, 0.25) is 0 Å². The highest BCUT2D eigenvalue weighted by atomic mass is 35.5. The Morgan fingerprint density at radius 1 is 1.00 bits per heavy atom. The smallest absolute Gasteiger partial charge is 0.338 e. The van der Waals surface area contributed by atoms with Gasteiger partial charge < -0.3 is 10.1 Å². The monoisotopic (exact) mass is 337 g/mol. The Bertz CT molecular complexity index is 671. The minimum absolute atomic E-state index is 0.304. The quantitative estimate of drug-likeness (QED) is 0.850. The molecule has 1 N–H and O–H groups in total. The second-order valence-corrected chi connectivity index (χ2v) is 5.36. The molecule has 6 heteroatoms. The maximum Gasteiger partial charge on any atom is 0.338 e. The molecule has 114 valence electrons. The number of nitrogens with one attached hydrogen (secondary N) is 1. The molecule has 2 aromatic carbocycles. The van der Waals surface area contributed by atoms with Crippen molar-refractivity contribution in [3.63, 3.8) is 0 Å². The number of amides is 1. The van der Waals surface area contributed by atoms with E-state index in [-0.39, 0.29) is 12.5 Å². The Labute approximate surface area is 138 Å². The Hall–Kier alpha value is -2.04. The number of benzene rings is 2. The summed E-state index contributed by atoms with van der Waals surface area (Å²) in [5.74, 6) is -0.977. The molecule has 2 aromatic rings. The van der Waals surface area contributed by atoms with Crippen molar-refractivity contribution in [3.8, 4) is 0 Å². The third kappa shape index (κ3) is 5.06. The van der Waals surface area contributed by atoms with Crippen molar-refractivity contribution in [3.05, 3.63) is 69.7 Å². The molecular formula is C16H13Cl2NO3. The lowest BCUT2D eigenvalue weighted by Gasteiger charge is -2.07. The zero-order chi connectivity index (χ0) is 15.9. The summed E-state index contributed by atoms with van der Waals surface area (Å²) in [6.07, 6.45) is 0. The zero-order valence-corrected chi connectivity index (χ0v) is 13.0. The van der Waals surface area contributed by atoms with Crippen LogP contribution in [0.1, 0.15) is 15.9 Å². The van der Waals surface area contributed by atoms with Gasteiger partial charge in [0.25, 0.3) is 5.91 Å². The van der Waals surface area contributed by atoms with Gasteiger partial charge in [0.1, 0.15) is 0 Å². The largest absolute Gasteiger partial charge is 0.452 e. The molecule has 0 bridgehead atoms. The molecule has 0 aliphatic heterocycles. The lowest BCUT2D eigenvalue weighted by molar-refractivity contribution is -0.124. The van der Waals surface area contributed by atoms with E-state index in [9.17, 15) is 9.59 Å². The zero-order valence-electron chi connectivity index (χ0n) is 11.5. The highest BCUT2D eigenvalue weighted by Gasteiger charge is 2.10. The van der Waals surface area contributed by atoms with Gasteiger partial charge in [0, 0.05) is 16.6 Å². The second kappa shape index (κ2) is 7.82. The number of halogens is 2. The maximum atomic E-state index is 11.7. The van der Waals surface area contributed by atoms with Crippen LogP contribution in [0.5, 0.6) is 0 Å². The lowest BCUT2D eigenvalue weighted by atomic mass is 10.2. The normalized spacial score (nSPS) is 10.1. The number of hydrogen-bond donors (Lipinski definition) is 1. The van der Waals surface area contributed by atoms with E-state index in [2.05, 4.69) is 5.32 Å². The molecule has 0 unspecified atom stereocenters. The molecule has 0 radical (unpaired) electrons. The van der Waals surface area contributed by atoms with Gasteiger partial charge in [0.05, 0.1) is 5.56 Å². The molecule has 0 saturated heterocycles. The van der Waals surface area contributed by atoms with Gasteiger partial charge >= 0.3 is 5.97 Å². The number of esters is 1. The van der Waals surface area contributed by atoms with Gasteiger partial charge in [-0.25, -0.2) is 4.79 Å². The molecule has 0 aliphatic rings. The fraction of sp³-hybridized carbons (Fsp3) is 0.125. The molecule has 0 atom stereocenters. The van der Waals surface area contributed by atoms with E-state index in [0.29, 0.717) is 22.2 Å². The van der Waals surface area contributed by atoms with E-state index in [1.165, 1.54) is 6.07 Å². The first-order chi connectivity index (χ1) is 10.5. The second-order valence-electron chi connectivity index (χ2n) is 4.49. The van der Waals surface area contributed by atoms with Crippen LogP contribution in [0.4, 0.5) is 0 Å².